The van der Waals surface area contributed by atoms with E-state index in [0.717, 1.165) is 6.54 Å². The van der Waals surface area contributed by atoms with Gasteiger partial charge in [-0.15, -0.1) is 0 Å². The first-order chi connectivity index (χ1) is 8.65. The van der Waals surface area contributed by atoms with Crippen molar-refractivity contribution in [2.24, 2.45) is 0 Å². The zero-order chi connectivity index (χ0) is 12.7. The van der Waals surface area contributed by atoms with Crippen LogP contribution in [0.5, 0.6) is 0 Å². The van der Waals surface area contributed by atoms with Crippen LogP contribution < -0.4 is 5.32 Å². The van der Waals surface area contributed by atoms with Crippen molar-refractivity contribution >= 4 is 23.8 Å². The summed E-state index contributed by atoms with van der Waals surface area (Å²) in [6, 6.07) is 6.03. The van der Waals surface area contributed by atoms with Gasteiger partial charge in [0.15, 0.2) is 0 Å². The summed E-state index contributed by atoms with van der Waals surface area (Å²) in [6.45, 7) is 2.85. The Labute approximate surface area is 110 Å². The average Bonchev–Trinajstić information content (AvgIpc) is 2.74. The molecule has 1 unspecified atom stereocenters. The molecule has 2 amide bonds. The van der Waals surface area contributed by atoms with Crippen molar-refractivity contribution in [3.05, 3.63) is 29.3 Å². The number of nitrogens with zero attached hydrogens (tertiary/aromatic N) is 1. The molecule has 1 N–H and O–H groups in total. The number of amides is 2. The largest absolute Gasteiger partial charge is 0.295 e. The second kappa shape index (κ2) is 4.40. The summed E-state index contributed by atoms with van der Waals surface area (Å²) < 4.78 is 2.08. The van der Waals surface area contributed by atoms with E-state index in [9.17, 15) is 9.59 Å². The van der Waals surface area contributed by atoms with Gasteiger partial charge in [-0.25, -0.2) is 4.31 Å². The van der Waals surface area contributed by atoms with Gasteiger partial charge < -0.3 is 0 Å². The lowest BCUT2D eigenvalue weighted by molar-refractivity contribution is -0.136. The number of hydrogen-bond donors (Lipinski definition) is 1. The lowest BCUT2D eigenvalue weighted by Gasteiger charge is -2.27. The van der Waals surface area contributed by atoms with Crippen molar-refractivity contribution in [3.8, 4) is 0 Å². The van der Waals surface area contributed by atoms with Crippen LogP contribution >= 0.6 is 11.9 Å². The van der Waals surface area contributed by atoms with Crippen LogP contribution in [0.1, 0.15) is 24.0 Å². The molecule has 1 aromatic carbocycles. The van der Waals surface area contributed by atoms with E-state index in [1.165, 1.54) is 16.0 Å². The Morgan fingerprint density at radius 1 is 1.39 bits per heavy atom. The number of carbonyl (C=O) groups is 2. The highest BCUT2D eigenvalue weighted by Crippen LogP contribution is 2.40. The van der Waals surface area contributed by atoms with Gasteiger partial charge in [-0.05, 0) is 36.4 Å². The second-order valence-electron chi connectivity index (χ2n) is 4.70. The first-order valence-electron chi connectivity index (χ1n) is 6.02. The number of piperidine rings is 1. The maximum absolute atomic E-state index is 11.8. The summed E-state index contributed by atoms with van der Waals surface area (Å²) >= 11 is 1.64. The number of carbonyl (C=O) groups excluding carboxylic acids is 2. The molecular weight excluding hydrogens is 248 g/mol. The van der Waals surface area contributed by atoms with Gasteiger partial charge in [-0.1, -0.05) is 18.2 Å². The summed E-state index contributed by atoms with van der Waals surface area (Å²) in [5, 5.41) is 2.41. The molecule has 1 atom stereocenters. The first-order valence-corrected chi connectivity index (χ1v) is 6.79. The van der Waals surface area contributed by atoms with E-state index in [2.05, 4.69) is 28.7 Å². The zero-order valence-electron chi connectivity index (χ0n) is 10.1. The quantitative estimate of drug-likeness (QED) is 0.617. The number of benzene rings is 1. The number of fused-ring (bicyclic) bond motifs is 1. The van der Waals surface area contributed by atoms with Crippen LogP contribution in [0.25, 0.3) is 0 Å². The van der Waals surface area contributed by atoms with E-state index in [-0.39, 0.29) is 17.9 Å². The SMILES string of the molecule is Cc1cccc2c1SN(C1CCC(=O)NC1=O)C2. The molecule has 2 aliphatic heterocycles. The Morgan fingerprint density at radius 2 is 2.22 bits per heavy atom. The average molecular weight is 262 g/mol. The molecule has 4 nitrogen and oxygen atoms in total. The Hall–Kier alpha value is -1.33. The highest BCUT2D eigenvalue weighted by atomic mass is 32.2. The highest BCUT2D eigenvalue weighted by molar-refractivity contribution is 7.97. The van der Waals surface area contributed by atoms with Crippen molar-refractivity contribution in [1.29, 1.82) is 0 Å². The van der Waals surface area contributed by atoms with Crippen molar-refractivity contribution in [2.75, 3.05) is 0 Å². The molecule has 1 fully saturated rings. The molecule has 1 saturated heterocycles. The van der Waals surface area contributed by atoms with Gasteiger partial charge in [-0.3, -0.25) is 14.9 Å². The maximum atomic E-state index is 11.8. The summed E-state index contributed by atoms with van der Waals surface area (Å²) in [6.07, 6.45) is 1.05. The number of rotatable bonds is 1. The smallest absolute Gasteiger partial charge is 0.244 e. The second-order valence-corrected chi connectivity index (χ2v) is 5.76. The number of nitrogens with one attached hydrogen (secondary N) is 1. The molecule has 0 bridgehead atoms. The minimum atomic E-state index is -0.195. The van der Waals surface area contributed by atoms with E-state index in [1.807, 2.05) is 6.07 Å². The van der Waals surface area contributed by atoms with Crippen LogP contribution in [0.4, 0.5) is 0 Å². The Balaban J connectivity index is 1.80. The topological polar surface area (TPSA) is 49.4 Å². The molecule has 5 heteroatoms. The number of hydrogen-bond acceptors (Lipinski definition) is 4. The minimum absolute atomic E-state index is 0.158. The van der Waals surface area contributed by atoms with E-state index in [1.54, 1.807) is 11.9 Å². The molecule has 94 valence electrons. The fraction of sp³-hybridized carbons (Fsp3) is 0.385. The summed E-state index contributed by atoms with van der Waals surface area (Å²) in [7, 11) is 0. The summed E-state index contributed by atoms with van der Waals surface area (Å²) in [5.74, 6) is -0.321. The molecule has 2 aliphatic rings. The fourth-order valence-electron chi connectivity index (χ4n) is 2.42. The fourth-order valence-corrected chi connectivity index (χ4v) is 3.64. The number of aryl methyl sites for hydroxylation is 1. The zero-order valence-corrected chi connectivity index (χ0v) is 10.9. The van der Waals surface area contributed by atoms with Crippen LogP contribution in [0.3, 0.4) is 0 Å². The van der Waals surface area contributed by atoms with Crippen LogP contribution in [0.2, 0.25) is 0 Å². The number of imide groups is 1. The summed E-state index contributed by atoms with van der Waals surface area (Å²) in [4.78, 5) is 24.2. The maximum Gasteiger partial charge on any atom is 0.244 e. The summed E-state index contributed by atoms with van der Waals surface area (Å²) in [5.41, 5.74) is 2.51. The first kappa shape index (κ1) is 11.7. The van der Waals surface area contributed by atoms with Crippen LogP contribution in [0, 0.1) is 6.92 Å². The molecule has 0 aliphatic carbocycles. The third-order valence-corrected chi connectivity index (χ3v) is 4.77. The van der Waals surface area contributed by atoms with Gasteiger partial charge in [0.1, 0.15) is 6.04 Å². The van der Waals surface area contributed by atoms with Gasteiger partial charge >= 0.3 is 0 Å². The van der Waals surface area contributed by atoms with Crippen molar-refractivity contribution in [3.63, 3.8) is 0 Å². The van der Waals surface area contributed by atoms with Crippen molar-refractivity contribution in [1.82, 2.24) is 9.62 Å². The van der Waals surface area contributed by atoms with Crippen molar-refractivity contribution < 1.29 is 9.59 Å². The third-order valence-electron chi connectivity index (χ3n) is 3.39. The monoisotopic (exact) mass is 262 g/mol. The molecule has 0 radical (unpaired) electrons. The minimum Gasteiger partial charge on any atom is -0.295 e. The van der Waals surface area contributed by atoms with Crippen LogP contribution in [-0.4, -0.2) is 22.2 Å². The normalized spacial score (nSPS) is 23.9. The standard InChI is InChI=1S/C13H14N2O2S/c1-8-3-2-4-9-7-15(18-12(8)9)10-5-6-11(16)14-13(10)17/h2-4,10H,5-7H2,1H3,(H,14,16,17). The van der Waals surface area contributed by atoms with Gasteiger partial charge in [-0.2, -0.15) is 0 Å². The van der Waals surface area contributed by atoms with Gasteiger partial charge in [0.05, 0.1) is 0 Å². The molecule has 1 aromatic rings. The van der Waals surface area contributed by atoms with E-state index in [4.69, 9.17) is 0 Å². The highest BCUT2D eigenvalue weighted by Gasteiger charge is 2.35. The molecule has 0 aromatic heterocycles. The predicted octanol–water partition coefficient (Wildman–Crippen LogP) is 1.62. The molecule has 0 spiro atoms. The Morgan fingerprint density at radius 3 is 2.94 bits per heavy atom. The van der Waals surface area contributed by atoms with Crippen LogP contribution in [0.15, 0.2) is 23.1 Å². The van der Waals surface area contributed by atoms with E-state index >= 15 is 0 Å². The molecule has 18 heavy (non-hydrogen) atoms. The lowest BCUT2D eigenvalue weighted by atomic mass is 10.1. The Kier molecular flexibility index (Phi) is 2.87. The van der Waals surface area contributed by atoms with Crippen molar-refractivity contribution in [2.45, 2.75) is 37.2 Å². The molecule has 0 saturated carbocycles. The third kappa shape index (κ3) is 1.93. The molecule has 3 rings (SSSR count). The predicted molar refractivity (Wildman–Crippen MR) is 68.8 cm³/mol. The lowest BCUT2D eigenvalue weighted by Crippen LogP contribution is -2.49. The van der Waals surface area contributed by atoms with E-state index in [0.29, 0.717) is 12.8 Å². The van der Waals surface area contributed by atoms with Gasteiger partial charge in [0, 0.05) is 17.9 Å². The molecular formula is C13H14N2O2S. The molecule has 2 heterocycles. The van der Waals surface area contributed by atoms with Gasteiger partial charge in [0.25, 0.3) is 0 Å². The van der Waals surface area contributed by atoms with Crippen LogP contribution in [-0.2, 0) is 16.1 Å². The van der Waals surface area contributed by atoms with E-state index < -0.39 is 0 Å². The van der Waals surface area contributed by atoms with Gasteiger partial charge in [0.2, 0.25) is 11.8 Å². The Bertz CT molecular complexity index is 530.